The molecule has 6 rings (SSSR count). The number of methoxy groups -OCH3 is 3. The second-order valence-electron chi connectivity index (χ2n) is 10.3. The summed E-state index contributed by atoms with van der Waals surface area (Å²) < 4.78 is 15.4. The van der Waals surface area contributed by atoms with Gasteiger partial charge in [0.15, 0.2) is 11.5 Å². The zero-order chi connectivity index (χ0) is 29.7. The highest BCUT2D eigenvalue weighted by Gasteiger charge is 2.39. The van der Waals surface area contributed by atoms with Crippen molar-refractivity contribution in [2.75, 3.05) is 48.5 Å². The van der Waals surface area contributed by atoms with Gasteiger partial charge in [-0.15, -0.1) is 0 Å². The number of benzene rings is 3. The van der Waals surface area contributed by atoms with Gasteiger partial charge in [0.2, 0.25) is 5.75 Å². The molecule has 3 atom stereocenters. The Labute approximate surface area is 245 Å². The third-order valence-corrected chi connectivity index (χ3v) is 7.73. The summed E-state index contributed by atoms with van der Waals surface area (Å²) in [5.74, 6) is 1.35. The van der Waals surface area contributed by atoms with Gasteiger partial charge in [0.05, 0.1) is 34.9 Å². The first kappa shape index (κ1) is 30.3. The van der Waals surface area contributed by atoms with Crippen LogP contribution in [0.3, 0.4) is 0 Å². The molecule has 3 aromatic carbocycles. The van der Waals surface area contributed by atoms with Gasteiger partial charge in [0, 0.05) is 24.9 Å². The third kappa shape index (κ3) is 7.00. The van der Waals surface area contributed by atoms with Crippen molar-refractivity contribution in [3.63, 3.8) is 0 Å². The predicted octanol–water partition coefficient (Wildman–Crippen LogP) is 4.24. The van der Waals surface area contributed by atoms with Crippen LogP contribution in [0.2, 0.25) is 0 Å². The molecule has 2 amide bonds. The van der Waals surface area contributed by atoms with Crippen molar-refractivity contribution in [1.82, 2.24) is 10.2 Å². The first-order valence-corrected chi connectivity index (χ1v) is 13.7. The Hall–Kier alpha value is -3.63. The van der Waals surface area contributed by atoms with Crippen LogP contribution in [-0.2, 0) is 17.6 Å². The minimum atomic E-state index is -0.807. The quantitative estimate of drug-likeness (QED) is 0.201. The molecule has 9 nitrogen and oxygen atoms in total. The molecular formula is C31H36ClN3O6. The largest absolute Gasteiger partial charge is 0.625 e. The maximum absolute atomic E-state index is 12.5. The number of hydrogen-bond donors (Lipinski definition) is 1. The second-order valence-corrected chi connectivity index (χ2v) is 10.8. The number of amides is 2. The number of hydroxylamine groups is 3. The zero-order valence-electron chi connectivity index (χ0n) is 24.0. The van der Waals surface area contributed by atoms with E-state index in [9.17, 15) is 14.8 Å². The maximum Gasteiger partial charge on any atom is 0.331 e. The fourth-order valence-electron chi connectivity index (χ4n) is 4.94. The Morgan fingerprint density at radius 1 is 0.927 bits per heavy atom. The van der Waals surface area contributed by atoms with E-state index in [4.69, 9.17) is 25.8 Å². The average molecular weight is 582 g/mol. The van der Waals surface area contributed by atoms with E-state index >= 15 is 0 Å². The predicted molar refractivity (Wildman–Crippen MR) is 158 cm³/mol. The number of fused-ring (bicyclic) bond motifs is 5. The summed E-state index contributed by atoms with van der Waals surface area (Å²) >= 11 is 5.85. The van der Waals surface area contributed by atoms with Crippen molar-refractivity contribution < 1.29 is 28.4 Å². The number of rotatable bonds is 6. The van der Waals surface area contributed by atoms with Crippen LogP contribution >= 0.6 is 11.6 Å². The van der Waals surface area contributed by atoms with Gasteiger partial charge in [-0.3, -0.25) is 14.3 Å². The average Bonchev–Trinajstić information content (AvgIpc) is 2.97. The van der Waals surface area contributed by atoms with Gasteiger partial charge in [-0.05, 0) is 53.6 Å². The highest BCUT2D eigenvalue weighted by atomic mass is 35.5. The van der Waals surface area contributed by atoms with E-state index in [2.05, 4.69) is 5.32 Å². The van der Waals surface area contributed by atoms with Crippen molar-refractivity contribution in [1.29, 1.82) is 0 Å². The van der Waals surface area contributed by atoms with Crippen LogP contribution in [0.4, 0.5) is 0 Å². The standard InChI is InChI=1S/C22H28N2O5.C9H8ClNO/c1-23-10-11-24(2,26)22(25)18(23)12-15-6-8-16(9-7-15)17-13-19(27-3)21(29-5)20(14-17)28-4;10-8-5-6-1-3-7(4-2-6)9(12)11-8/h6-9,13-14,18H,10-12H2,1-5H3;1-4,8H,5H2,(H,11,12). The molecular weight excluding hydrogens is 546 g/mol. The number of alkyl halides is 1. The third-order valence-electron chi connectivity index (χ3n) is 7.46. The molecule has 3 aromatic rings. The van der Waals surface area contributed by atoms with Crippen LogP contribution in [0.15, 0.2) is 60.7 Å². The number of halogens is 1. The van der Waals surface area contributed by atoms with Crippen LogP contribution in [0.1, 0.15) is 21.5 Å². The molecule has 218 valence electrons. The van der Waals surface area contributed by atoms with E-state index in [1.165, 1.54) is 7.05 Å². The van der Waals surface area contributed by atoms with Crippen molar-refractivity contribution in [2.24, 2.45) is 0 Å². The molecule has 0 radical (unpaired) electrons. The minimum Gasteiger partial charge on any atom is -0.625 e. The lowest BCUT2D eigenvalue weighted by Gasteiger charge is -2.45. The Kier molecular flexibility index (Phi) is 9.55. The lowest BCUT2D eigenvalue weighted by atomic mass is 9.98. The lowest BCUT2D eigenvalue weighted by Crippen LogP contribution is -2.62. The molecule has 3 heterocycles. The lowest BCUT2D eigenvalue weighted by molar-refractivity contribution is -0.788. The van der Waals surface area contributed by atoms with Gasteiger partial charge in [-0.1, -0.05) is 48.0 Å². The molecule has 2 bridgehead atoms. The van der Waals surface area contributed by atoms with Gasteiger partial charge in [-0.25, -0.2) is 4.79 Å². The second kappa shape index (κ2) is 12.9. The highest BCUT2D eigenvalue weighted by Crippen LogP contribution is 2.41. The van der Waals surface area contributed by atoms with Crippen LogP contribution in [-0.4, -0.2) is 81.4 Å². The fourth-order valence-corrected chi connectivity index (χ4v) is 5.22. The SMILES string of the molecule is COc1cc(-c2ccc(CC3C(=O)[N+](C)([O-])CCN3C)cc2)cc(OC)c1OC.O=C1NC(Cl)Cc2ccc1cc2. The molecule has 0 saturated carbocycles. The Morgan fingerprint density at radius 2 is 1.51 bits per heavy atom. The molecule has 41 heavy (non-hydrogen) atoms. The number of piperazine rings is 1. The summed E-state index contributed by atoms with van der Waals surface area (Å²) in [7, 11) is 8.08. The Morgan fingerprint density at radius 3 is 2.07 bits per heavy atom. The molecule has 3 aliphatic heterocycles. The van der Waals surface area contributed by atoms with Gasteiger partial charge in [0.25, 0.3) is 5.91 Å². The van der Waals surface area contributed by atoms with E-state index in [1.54, 1.807) is 21.3 Å². The van der Waals surface area contributed by atoms with Gasteiger partial charge in [0.1, 0.15) is 11.5 Å². The van der Waals surface area contributed by atoms with E-state index in [-0.39, 0.29) is 17.3 Å². The van der Waals surface area contributed by atoms with Crippen LogP contribution in [0.5, 0.6) is 17.2 Å². The van der Waals surface area contributed by atoms with Crippen molar-refractivity contribution >= 4 is 23.4 Å². The summed E-state index contributed by atoms with van der Waals surface area (Å²) in [4.78, 5) is 25.8. The van der Waals surface area contributed by atoms with E-state index in [0.29, 0.717) is 48.7 Å². The number of carbonyl (C=O) groups excluding carboxylic acids is 2. The van der Waals surface area contributed by atoms with E-state index in [0.717, 1.165) is 22.3 Å². The zero-order valence-corrected chi connectivity index (χ0v) is 24.7. The van der Waals surface area contributed by atoms with Gasteiger partial charge < -0.3 is 24.7 Å². The smallest absolute Gasteiger partial charge is 0.331 e. The van der Waals surface area contributed by atoms with Crippen LogP contribution in [0, 0.1) is 5.21 Å². The van der Waals surface area contributed by atoms with Crippen molar-refractivity contribution in [3.8, 4) is 28.4 Å². The number of nitrogens with one attached hydrogen (secondary N) is 1. The van der Waals surface area contributed by atoms with Gasteiger partial charge >= 0.3 is 5.91 Å². The van der Waals surface area contributed by atoms with Crippen LogP contribution < -0.4 is 19.5 Å². The summed E-state index contributed by atoms with van der Waals surface area (Å²) in [6.07, 6.45) is 1.20. The molecule has 0 spiro atoms. The van der Waals surface area contributed by atoms with Crippen molar-refractivity contribution in [3.05, 3.63) is 82.6 Å². The molecule has 3 unspecified atom stereocenters. The van der Waals surface area contributed by atoms with E-state index in [1.807, 2.05) is 72.6 Å². The molecule has 0 aromatic heterocycles. The van der Waals surface area contributed by atoms with Crippen molar-refractivity contribution in [2.45, 2.75) is 24.4 Å². The van der Waals surface area contributed by atoms with E-state index < -0.39 is 10.7 Å². The molecule has 10 heteroatoms. The molecule has 1 N–H and O–H groups in total. The molecule has 1 fully saturated rings. The summed E-state index contributed by atoms with van der Waals surface area (Å²) in [5.41, 5.74) is 4.47. The number of carbonyl (C=O) groups is 2. The highest BCUT2D eigenvalue weighted by molar-refractivity contribution is 6.22. The summed E-state index contributed by atoms with van der Waals surface area (Å²) in [6.45, 7) is 0.909. The molecule has 3 aliphatic rings. The first-order valence-electron chi connectivity index (χ1n) is 13.3. The monoisotopic (exact) mass is 581 g/mol. The Bertz CT molecular complexity index is 1350. The fraction of sp³-hybridized carbons (Fsp3) is 0.355. The first-order chi connectivity index (χ1) is 19.6. The van der Waals surface area contributed by atoms with Gasteiger partial charge in [-0.2, -0.15) is 0 Å². The van der Waals surface area contributed by atoms with Crippen LogP contribution in [0.25, 0.3) is 11.1 Å². The summed E-state index contributed by atoms with van der Waals surface area (Å²) in [5, 5.41) is 15.0. The number of quaternary nitrogens is 1. The number of hydrogen-bond acceptors (Lipinski definition) is 7. The number of ether oxygens (including phenoxy) is 3. The summed E-state index contributed by atoms with van der Waals surface area (Å²) in [6, 6.07) is 18.9. The Balaban J connectivity index is 0.000000267. The maximum atomic E-state index is 12.5. The molecule has 1 saturated heterocycles. The minimum absolute atomic E-state index is 0.0961. The normalized spacial score (nSPS) is 22.1. The molecule has 0 aliphatic carbocycles. The number of likely N-dealkylation sites (N-methyl/N-ethyl adjacent to an activating group) is 2. The number of nitrogens with zero attached hydrogens (tertiary/aromatic N) is 2. The topological polar surface area (TPSA) is 100 Å².